The summed E-state index contributed by atoms with van der Waals surface area (Å²) < 4.78 is 0. The van der Waals surface area contributed by atoms with E-state index in [9.17, 15) is 4.79 Å². The Balaban J connectivity index is 1.42. The first-order chi connectivity index (χ1) is 13.6. The van der Waals surface area contributed by atoms with Gasteiger partial charge in [0, 0.05) is 11.4 Å². The Labute approximate surface area is 172 Å². The molecule has 1 aliphatic carbocycles. The topological polar surface area (TPSA) is 84.1 Å². The molecule has 2 heterocycles. The highest BCUT2D eigenvalue weighted by atomic mass is 32.2. The van der Waals surface area contributed by atoms with Crippen molar-refractivity contribution in [2.45, 2.75) is 38.4 Å². The Morgan fingerprint density at radius 3 is 3.04 bits per heavy atom. The minimum Gasteiger partial charge on any atom is -0.379 e. The molecule has 3 N–H and O–H groups in total. The number of benzene rings is 1. The van der Waals surface area contributed by atoms with E-state index in [0.29, 0.717) is 29.2 Å². The minimum absolute atomic E-state index is 0.0211. The molecule has 28 heavy (non-hydrogen) atoms. The second kappa shape index (κ2) is 8.49. The van der Waals surface area contributed by atoms with Crippen molar-refractivity contribution in [2.24, 2.45) is 16.6 Å². The number of aromatic amines is 1. The number of fused-ring (bicyclic) bond motifs is 3. The van der Waals surface area contributed by atoms with Gasteiger partial charge in [-0.3, -0.25) is 9.79 Å². The quantitative estimate of drug-likeness (QED) is 0.492. The summed E-state index contributed by atoms with van der Waals surface area (Å²) in [6, 6.07) is 10.2. The number of nitrogens with one attached hydrogen (secondary N) is 1. The number of rotatable bonds is 5. The second-order valence-corrected chi connectivity index (χ2v) is 9.37. The van der Waals surface area contributed by atoms with Crippen LogP contribution in [-0.4, -0.2) is 21.7 Å². The third-order valence-corrected chi connectivity index (χ3v) is 7.07. The zero-order valence-corrected chi connectivity index (χ0v) is 17.5. The number of nitrogens with zero attached hydrogens (tertiary/aromatic N) is 2. The summed E-state index contributed by atoms with van der Waals surface area (Å²) in [6.45, 7) is 2.93. The van der Waals surface area contributed by atoms with E-state index in [1.165, 1.54) is 27.8 Å². The monoisotopic (exact) mass is 412 g/mol. The third kappa shape index (κ3) is 4.31. The van der Waals surface area contributed by atoms with Gasteiger partial charge in [-0.05, 0) is 42.7 Å². The normalized spacial score (nSPS) is 17.0. The van der Waals surface area contributed by atoms with Crippen molar-refractivity contribution in [1.82, 2.24) is 9.97 Å². The van der Waals surface area contributed by atoms with Gasteiger partial charge in [-0.15, -0.1) is 11.3 Å². The van der Waals surface area contributed by atoms with Crippen LogP contribution >= 0.6 is 23.1 Å². The van der Waals surface area contributed by atoms with Crippen LogP contribution in [0.15, 0.2) is 40.1 Å². The van der Waals surface area contributed by atoms with Gasteiger partial charge in [-0.2, -0.15) is 0 Å². The fourth-order valence-corrected chi connectivity index (χ4v) is 5.60. The number of thiophene rings is 1. The first-order valence-electron chi connectivity index (χ1n) is 9.60. The number of thioether (sulfide) groups is 1. The SMILES string of the molecule is C[C@H]1CCc2c(sc3nc(CSC(N)=NCCc4ccccc4)[nH]c(=O)c23)C1. The van der Waals surface area contributed by atoms with Crippen molar-refractivity contribution >= 4 is 38.5 Å². The summed E-state index contributed by atoms with van der Waals surface area (Å²) in [5.74, 6) is 1.86. The summed E-state index contributed by atoms with van der Waals surface area (Å²) in [7, 11) is 0. The van der Waals surface area contributed by atoms with Gasteiger partial charge in [0.15, 0.2) is 5.17 Å². The number of amidine groups is 1. The fourth-order valence-electron chi connectivity index (χ4n) is 3.59. The molecule has 0 saturated heterocycles. The number of H-pyrrole nitrogens is 1. The van der Waals surface area contributed by atoms with E-state index in [2.05, 4.69) is 29.0 Å². The lowest BCUT2D eigenvalue weighted by Crippen LogP contribution is -2.15. The summed E-state index contributed by atoms with van der Waals surface area (Å²) in [4.78, 5) is 26.9. The molecule has 1 aromatic carbocycles. The summed E-state index contributed by atoms with van der Waals surface area (Å²) in [5.41, 5.74) is 8.47. The van der Waals surface area contributed by atoms with E-state index < -0.39 is 0 Å². The van der Waals surface area contributed by atoms with E-state index >= 15 is 0 Å². The zero-order valence-electron chi connectivity index (χ0n) is 15.9. The van der Waals surface area contributed by atoms with Crippen molar-refractivity contribution in [3.63, 3.8) is 0 Å². The molecule has 0 spiro atoms. The molecule has 7 heteroatoms. The van der Waals surface area contributed by atoms with Gasteiger partial charge in [0.05, 0.1) is 11.1 Å². The van der Waals surface area contributed by atoms with Gasteiger partial charge >= 0.3 is 0 Å². The number of aliphatic imine (C=N–C) groups is 1. The highest BCUT2D eigenvalue weighted by Crippen LogP contribution is 2.35. The van der Waals surface area contributed by atoms with Gasteiger partial charge < -0.3 is 10.7 Å². The molecule has 1 aliphatic rings. The summed E-state index contributed by atoms with van der Waals surface area (Å²) >= 11 is 3.09. The third-order valence-electron chi connectivity index (χ3n) is 5.08. The van der Waals surface area contributed by atoms with E-state index in [4.69, 9.17) is 10.7 Å². The Bertz CT molecular complexity index is 1060. The molecule has 4 rings (SSSR count). The molecular formula is C21H24N4OS2. The maximum absolute atomic E-state index is 12.6. The molecule has 0 radical (unpaired) electrons. The van der Waals surface area contributed by atoms with Gasteiger partial charge in [0.1, 0.15) is 10.7 Å². The minimum atomic E-state index is -0.0211. The lowest BCUT2D eigenvalue weighted by atomic mass is 9.89. The molecule has 0 unspecified atom stereocenters. The van der Waals surface area contributed by atoms with Crippen molar-refractivity contribution in [2.75, 3.05) is 6.54 Å². The number of hydrogen-bond donors (Lipinski definition) is 2. The molecule has 5 nitrogen and oxygen atoms in total. The molecule has 1 atom stereocenters. The van der Waals surface area contributed by atoms with Crippen LogP contribution in [0.2, 0.25) is 0 Å². The van der Waals surface area contributed by atoms with Gasteiger partial charge in [0.25, 0.3) is 5.56 Å². The molecule has 0 amide bonds. The maximum atomic E-state index is 12.6. The molecule has 0 saturated carbocycles. The van der Waals surface area contributed by atoms with Crippen LogP contribution in [0.25, 0.3) is 10.2 Å². The Hall–Kier alpha value is -2.12. The van der Waals surface area contributed by atoms with Gasteiger partial charge in [-0.1, -0.05) is 49.0 Å². The number of aryl methyl sites for hydroxylation is 1. The molecule has 3 aromatic rings. The molecule has 2 aromatic heterocycles. The Morgan fingerprint density at radius 1 is 1.39 bits per heavy atom. The largest absolute Gasteiger partial charge is 0.379 e. The second-order valence-electron chi connectivity index (χ2n) is 7.29. The van der Waals surface area contributed by atoms with Gasteiger partial charge in [0.2, 0.25) is 0 Å². The molecular weight excluding hydrogens is 388 g/mol. The van der Waals surface area contributed by atoms with E-state index in [-0.39, 0.29) is 5.56 Å². The lowest BCUT2D eigenvalue weighted by Gasteiger charge is -2.17. The van der Waals surface area contributed by atoms with Crippen molar-refractivity contribution < 1.29 is 0 Å². The predicted molar refractivity (Wildman–Crippen MR) is 119 cm³/mol. The summed E-state index contributed by atoms with van der Waals surface area (Å²) in [5, 5.41) is 1.32. The first-order valence-corrected chi connectivity index (χ1v) is 11.4. The highest BCUT2D eigenvalue weighted by Gasteiger charge is 2.23. The van der Waals surface area contributed by atoms with E-state index in [0.717, 1.165) is 35.9 Å². The van der Waals surface area contributed by atoms with Crippen LogP contribution in [0.3, 0.4) is 0 Å². The van der Waals surface area contributed by atoms with Crippen molar-refractivity contribution in [3.8, 4) is 0 Å². The predicted octanol–water partition coefficient (Wildman–Crippen LogP) is 3.90. The van der Waals surface area contributed by atoms with Crippen LogP contribution in [0.4, 0.5) is 0 Å². The number of aromatic nitrogens is 2. The Kier molecular flexibility index (Phi) is 5.82. The number of nitrogens with two attached hydrogens (primary N) is 1. The smallest absolute Gasteiger partial charge is 0.259 e. The summed E-state index contributed by atoms with van der Waals surface area (Å²) in [6.07, 6.45) is 4.05. The van der Waals surface area contributed by atoms with Gasteiger partial charge in [-0.25, -0.2) is 4.98 Å². The van der Waals surface area contributed by atoms with Crippen LogP contribution in [-0.2, 0) is 25.0 Å². The molecule has 0 fully saturated rings. The average molecular weight is 413 g/mol. The Morgan fingerprint density at radius 2 is 2.21 bits per heavy atom. The lowest BCUT2D eigenvalue weighted by molar-refractivity contribution is 0.509. The van der Waals surface area contributed by atoms with Crippen LogP contribution in [0.5, 0.6) is 0 Å². The van der Waals surface area contributed by atoms with E-state index in [1.54, 1.807) is 11.3 Å². The fraction of sp³-hybridized carbons (Fsp3) is 0.381. The molecule has 146 valence electrons. The molecule has 0 aliphatic heterocycles. The van der Waals surface area contributed by atoms with Crippen LogP contribution < -0.4 is 11.3 Å². The number of hydrogen-bond acceptors (Lipinski definition) is 5. The highest BCUT2D eigenvalue weighted by molar-refractivity contribution is 8.13. The zero-order chi connectivity index (χ0) is 19.5. The van der Waals surface area contributed by atoms with Crippen LogP contribution in [0, 0.1) is 5.92 Å². The van der Waals surface area contributed by atoms with Crippen molar-refractivity contribution in [3.05, 3.63) is 62.5 Å². The first kappa shape index (κ1) is 19.2. The standard InChI is InChI=1S/C21H24N4OS2/c1-13-7-8-15-16(11-13)28-20-18(15)19(26)24-17(25-20)12-27-21(22)23-10-9-14-5-3-2-4-6-14/h2-6,13H,7-12H2,1H3,(H2,22,23)(H,24,25,26)/t13-/m0/s1. The van der Waals surface area contributed by atoms with Crippen molar-refractivity contribution in [1.29, 1.82) is 0 Å². The average Bonchev–Trinajstić information content (AvgIpc) is 3.05. The maximum Gasteiger partial charge on any atom is 0.259 e. The van der Waals surface area contributed by atoms with Crippen LogP contribution in [0.1, 0.15) is 35.2 Å². The molecule has 0 bridgehead atoms. The van der Waals surface area contributed by atoms with E-state index in [1.807, 2.05) is 18.2 Å².